The maximum absolute atomic E-state index is 12.3. The number of benzene rings is 1. The van der Waals surface area contributed by atoms with Crippen LogP contribution in [0.3, 0.4) is 0 Å². The summed E-state index contributed by atoms with van der Waals surface area (Å²) in [6.45, 7) is 1.38. The van der Waals surface area contributed by atoms with Crippen LogP contribution in [0.2, 0.25) is 0 Å². The maximum atomic E-state index is 12.3. The van der Waals surface area contributed by atoms with Crippen LogP contribution in [-0.2, 0) is 4.74 Å². The van der Waals surface area contributed by atoms with E-state index in [0.717, 1.165) is 24.0 Å². The van der Waals surface area contributed by atoms with E-state index < -0.39 is 5.91 Å². The van der Waals surface area contributed by atoms with E-state index in [2.05, 4.69) is 10.3 Å². The van der Waals surface area contributed by atoms with Gasteiger partial charge in [0.15, 0.2) is 0 Å². The number of nitrogens with one attached hydrogen (secondary N) is 1. The molecule has 2 amide bonds. The van der Waals surface area contributed by atoms with E-state index >= 15 is 0 Å². The van der Waals surface area contributed by atoms with Crippen molar-refractivity contribution < 1.29 is 14.3 Å². The van der Waals surface area contributed by atoms with Crippen molar-refractivity contribution in [3.05, 3.63) is 53.9 Å². The van der Waals surface area contributed by atoms with Gasteiger partial charge < -0.3 is 15.8 Å². The van der Waals surface area contributed by atoms with Gasteiger partial charge in [0.05, 0.1) is 5.56 Å². The standard InChI is InChI=1S/C18H19N3O3/c19-17(22)15-9-14(10-20-11-15)12-1-3-13(4-2-12)18(23)21-16-5-7-24-8-6-16/h1-4,9-11,16H,5-8H2,(H2,19,22)(H,21,23). The van der Waals surface area contributed by atoms with Crippen LogP contribution in [0, 0.1) is 0 Å². The van der Waals surface area contributed by atoms with Crippen LogP contribution < -0.4 is 11.1 Å². The lowest BCUT2D eigenvalue weighted by Gasteiger charge is -2.23. The summed E-state index contributed by atoms with van der Waals surface area (Å²) in [5.74, 6) is -0.603. The number of rotatable bonds is 4. The van der Waals surface area contributed by atoms with E-state index in [0.29, 0.717) is 24.3 Å². The van der Waals surface area contributed by atoms with E-state index in [1.54, 1.807) is 24.4 Å². The molecule has 0 bridgehead atoms. The number of pyridine rings is 1. The molecule has 6 heteroatoms. The minimum absolute atomic E-state index is 0.0857. The van der Waals surface area contributed by atoms with Crippen LogP contribution in [-0.4, -0.2) is 36.1 Å². The summed E-state index contributed by atoms with van der Waals surface area (Å²) in [4.78, 5) is 27.5. The second kappa shape index (κ2) is 7.23. The molecule has 1 aliphatic rings. The van der Waals surface area contributed by atoms with Gasteiger partial charge in [-0.2, -0.15) is 0 Å². The largest absolute Gasteiger partial charge is 0.381 e. The van der Waals surface area contributed by atoms with Gasteiger partial charge >= 0.3 is 0 Å². The molecule has 1 aromatic heterocycles. The molecule has 6 nitrogen and oxygen atoms in total. The van der Waals surface area contributed by atoms with Gasteiger partial charge in [0.25, 0.3) is 5.91 Å². The van der Waals surface area contributed by atoms with Gasteiger partial charge in [-0.1, -0.05) is 12.1 Å². The molecule has 0 saturated carbocycles. The fourth-order valence-electron chi connectivity index (χ4n) is 2.66. The van der Waals surface area contributed by atoms with Crippen LogP contribution in [0.15, 0.2) is 42.7 Å². The second-order valence-electron chi connectivity index (χ2n) is 5.76. The third-order valence-electron chi connectivity index (χ3n) is 4.06. The van der Waals surface area contributed by atoms with Crippen molar-refractivity contribution in [3.63, 3.8) is 0 Å². The molecule has 0 radical (unpaired) electrons. The van der Waals surface area contributed by atoms with Crippen LogP contribution in [0.4, 0.5) is 0 Å². The Balaban J connectivity index is 1.71. The summed E-state index contributed by atoms with van der Waals surface area (Å²) in [6.07, 6.45) is 4.77. The highest BCUT2D eigenvalue weighted by atomic mass is 16.5. The number of amides is 2. The van der Waals surface area contributed by atoms with Crippen LogP contribution in [0.25, 0.3) is 11.1 Å². The quantitative estimate of drug-likeness (QED) is 0.895. The molecule has 1 fully saturated rings. The van der Waals surface area contributed by atoms with Crippen LogP contribution >= 0.6 is 0 Å². The number of hydrogen-bond acceptors (Lipinski definition) is 4. The average Bonchev–Trinajstić information content (AvgIpc) is 2.63. The predicted octanol–water partition coefficient (Wildman–Crippen LogP) is 1.76. The smallest absolute Gasteiger partial charge is 0.251 e. The lowest BCUT2D eigenvalue weighted by atomic mass is 10.0. The molecular formula is C18H19N3O3. The topological polar surface area (TPSA) is 94.3 Å². The van der Waals surface area contributed by atoms with Gasteiger partial charge in [-0.15, -0.1) is 0 Å². The fourth-order valence-corrected chi connectivity index (χ4v) is 2.66. The summed E-state index contributed by atoms with van der Waals surface area (Å²) in [5, 5.41) is 3.03. The van der Waals surface area contributed by atoms with E-state index in [9.17, 15) is 9.59 Å². The Morgan fingerprint density at radius 1 is 1.04 bits per heavy atom. The summed E-state index contributed by atoms with van der Waals surface area (Å²) in [6, 6.07) is 9.05. The Bertz CT molecular complexity index is 737. The van der Waals surface area contributed by atoms with Crippen molar-refractivity contribution in [2.45, 2.75) is 18.9 Å². The first-order valence-electron chi connectivity index (χ1n) is 7.87. The molecule has 2 heterocycles. The zero-order valence-electron chi connectivity index (χ0n) is 13.2. The van der Waals surface area contributed by atoms with E-state index in [1.165, 1.54) is 6.20 Å². The Hall–Kier alpha value is -2.73. The summed E-state index contributed by atoms with van der Waals surface area (Å²) in [5.41, 5.74) is 7.88. The first kappa shape index (κ1) is 16.1. The second-order valence-corrected chi connectivity index (χ2v) is 5.76. The molecule has 3 N–H and O–H groups in total. The molecule has 0 unspecified atom stereocenters. The third kappa shape index (κ3) is 3.78. The molecule has 0 aliphatic carbocycles. The highest BCUT2D eigenvalue weighted by Gasteiger charge is 2.17. The van der Waals surface area contributed by atoms with Gasteiger partial charge in [0.1, 0.15) is 0 Å². The van der Waals surface area contributed by atoms with E-state index in [1.807, 2.05) is 12.1 Å². The minimum Gasteiger partial charge on any atom is -0.381 e. The zero-order chi connectivity index (χ0) is 16.9. The molecule has 24 heavy (non-hydrogen) atoms. The van der Waals surface area contributed by atoms with Crippen molar-refractivity contribution in [3.8, 4) is 11.1 Å². The molecule has 2 aromatic rings. The summed E-state index contributed by atoms with van der Waals surface area (Å²) < 4.78 is 5.29. The van der Waals surface area contributed by atoms with Gasteiger partial charge in [0.2, 0.25) is 5.91 Å². The predicted molar refractivity (Wildman–Crippen MR) is 89.5 cm³/mol. The molecule has 1 aliphatic heterocycles. The molecular weight excluding hydrogens is 306 g/mol. The van der Waals surface area contributed by atoms with E-state index in [4.69, 9.17) is 10.5 Å². The third-order valence-corrected chi connectivity index (χ3v) is 4.06. The number of carbonyl (C=O) groups excluding carboxylic acids is 2. The van der Waals surface area contributed by atoms with Gasteiger partial charge in [-0.3, -0.25) is 14.6 Å². The zero-order valence-corrected chi connectivity index (χ0v) is 13.2. The normalized spacial score (nSPS) is 15.0. The molecule has 1 saturated heterocycles. The van der Waals surface area contributed by atoms with Crippen molar-refractivity contribution in [1.82, 2.24) is 10.3 Å². The highest BCUT2D eigenvalue weighted by Crippen LogP contribution is 2.20. The Kier molecular flexibility index (Phi) is 4.86. The van der Waals surface area contributed by atoms with E-state index in [-0.39, 0.29) is 11.9 Å². The highest BCUT2D eigenvalue weighted by molar-refractivity contribution is 5.95. The first-order chi connectivity index (χ1) is 11.6. The van der Waals surface area contributed by atoms with Gasteiger partial charge in [-0.25, -0.2) is 0 Å². The maximum Gasteiger partial charge on any atom is 0.251 e. The molecule has 1 aromatic carbocycles. The number of nitrogens with two attached hydrogens (primary N) is 1. The lowest BCUT2D eigenvalue weighted by Crippen LogP contribution is -2.38. The first-order valence-corrected chi connectivity index (χ1v) is 7.87. The van der Waals surface area contributed by atoms with Crippen molar-refractivity contribution in [1.29, 1.82) is 0 Å². The van der Waals surface area contributed by atoms with Gasteiger partial charge in [-0.05, 0) is 36.6 Å². The molecule has 124 valence electrons. The molecule has 0 atom stereocenters. The number of nitrogens with zero attached hydrogens (tertiary/aromatic N) is 1. The van der Waals surface area contributed by atoms with Crippen LogP contribution in [0.1, 0.15) is 33.6 Å². The lowest BCUT2D eigenvalue weighted by molar-refractivity contribution is 0.0696. The van der Waals surface area contributed by atoms with Crippen LogP contribution in [0.5, 0.6) is 0 Å². The number of primary amides is 1. The monoisotopic (exact) mass is 325 g/mol. The summed E-state index contributed by atoms with van der Waals surface area (Å²) in [7, 11) is 0. The summed E-state index contributed by atoms with van der Waals surface area (Å²) >= 11 is 0. The number of ether oxygens (including phenoxy) is 1. The number of carbonyl (C=O) groups is 2. The Labute approximate surface area is 140 Å². The van der Waals surface area contributed by atoms with Gasteiger partial charge in [0, 0.05) is 42.8 Å². The number of aromatic nitrogens is 1. The molecule has 3 rings (SSSR count). The van der Waals surface area contributed by atoms with Crippen molar-refractivity contribution in [2.75, 3.05) is 13.2 Å². The minimum atomic E-state index is -0.517. The Morgan fingerprint density at radius 2 is 1.75 bits per heavy atom. The number of hydrogen-bond donors (Lipinski definition) is 2. The SMILES string of the molecule is NC(=O)c1cncc(-c2ccc(C(=O)NC3CCOCC3)cc2)c1. The van der Waals surface area contributed by atoms with Crippen molar-refractivity contribution >= 4 is 11.8 Å². The van der Waals surface area contributed by atoms with Crippen molar-refractivity contribution in [2.24, 2.45) is 5.73 Å². The Morgan fingerprint density at radius 3 is 2.42 bits per heavy atom. The average molecular weight is 325 g/mol. The molecule has 0 spiro atoms. The fraction of sp³-hybridized carbons (Fsp3) is 0.278.